The molecule has 32 heavy (non-hydrogen) atoms. The number of ketones is 1. The lowest BCUT2D eigenvalue weighted by atomic mass is 9.86. The highest BCUT2D eigenvalue weighted by Crippen LogP contribution is 2.40. The fourth-order valence-electron chi connectivity index (χ4n) is 5.29. The van der Waals surface area contributed by atoms with E-state index in [0.29, 0.717) is 50.1 Å². The fourth-order valence-corrected chi connectivity index (χ4v) is 6.78. The zero-order valence-electron chi connectivity index (χ0n) is 19.4. The van der Waals surface area contributed by atoms with Crippen molar-refractivity contribution in [1.82, 2.24) is 9.21 Å². The second-order valence-electron chi connectivity index (χ2n) is 8.86. The highest BCUT2D eigenvalue weighted by molar-refractivity contribution is 7.89. The summed E-state index contributed by atoms with van der Waals surface area (Å²) in [5.41, 5.74) is 1.00. The van der Waals surface area contributed by atoms with Gasteiger partial charge < -0.3 is 4.74 Å². The molecule has 2 fully saturated rings. The molecule has 0 aromatic heterocycles. The van der Waals surface area contributed by atoms with Crippen LogP contribution in [0.2, 0.25) is 0 Å². The largest absolute Gasteiger partial charge is 0.496 e. The minimum Gasteiger partial charge on any atom is -0.496 e. The summed E-state index contributed by atoms with van der Waals surface area (Å²) in [4.78, 5) is 15.5. The van der Waals surface area contributed by atoms with Crippen LogP contribution in [0.3, 0.4) is 0 Å². The fraction of sp³-hybridized carbons (Fsp3) is 0.696. The van der Waals surface area contributed by atoms with E-state index in [1.165, 1.54) is 19.2 Å². The number of ether oxygens (including phenoxy) is 1. The first-order valence-corrected chi connectivity index (χ1v) is 12.9. The van der Waals surface area contributed by atoms with Crippen molar-refractivity contribution in [3.05, 3.63) is 29.1 Å². The number of halogens is 2. The Labute approximate surface area is 197 Å². The van der Waals surface area contributed by atoms with Crippen molar-refractivity contribution in [2.45, 2.75) is 64.3 Å². The highest BCUT2D eigenvalue weighted by Gasteiger charge is 2.42. The zero-order valence-corrected chi connectivity index (χ0v) is 21.0. The van der Waals surface area contributed by atoms with Gasteiger partial charge in [-0.2, -0.15) is 4.31 Å². The first-order chi connectivity index (χ1) is 14.7. The Kier molecular flexibility index (Phi) is 9.52. The maximum Gasteiger partial charge on any atom is 0.214 e. The van der Waals surface area contributed by atoms with Crippen molar-refractivity contribution in [2.24, 2.45) is 0 Å². The van der Waals surface area contributed by atoms with Gasteiger partial charge in [-0.1, -0.05) is 19.8 Å². The van der Waals surface area contributed by atoms with Gasteiger partial charge in [-0.15, -0.1) is 12.4 Å². The molecule has 6 nitrogen and oxygen atoms in total. The molecule has 0 spiro atoms. The Morgan fingerprint density at radius 1 is 1.16 bits per heavy atom. The van der Waals surface area contributed by atoms with Crippen LogP contribution in [-0.4, -0.2) is 68.0 Å². The van der Waals surface area contributed by atoms with Crippen LogP contribution in [0.5, 0.6) is 5.75 Å². The summed E-state index contributed by atoms with van der Waals surface area (Å²) < 4.78 is 45.4. The van der Waals surface area contributed by atoms with Gasteiger partial charge in [0.25, 0.3) is 0 Å². The van der Waals surface area contributed by atoms with Crippen LogP contribution < -0.4 is 4.74 Å². The molecule has 1 aliphatic carbocycles. The van der Waals surface area contributed by atoms with Crippen LogP contribution in [0.25, 0.3) is 0 Å². The van der Waals surface area contributed by atoms with Gasteiger partial charge in [0.15, 0.2) is 5.78 Å². The molecule has 1 saturated carbocycles. The third-order valence-electron chi connectivity index (χ3n) is 6.88. The minimum absolute atomic E-state index is 0. The van der Waals surface area contributed by atoms with Crippen LogP contribution in [0, 0.1) is 12.7 Å². The molecule has 0 N–H and O–H groups in total. The van der Waals surface area contributed by atoms with Crippen molar-refractivity contribution in [2.75, 3.05) is 39.0 Å². The maximum atomic E-state index is 13.7. The number of methoxy groups -OCH3 is 1. The number of carbonyl (C=O) groups excluding carboxylic acids is 1. The highest BCUT2D eigenvalue weighted by atomic mass is 35.5. The number of rotatable bonds is 9. The molecule has 9 heteroatoms. The lowest BCUT2D eigenvalue weighted by molar-refractivity contribution is 0.0476. The number of carbonyl (C=O) groups is 1. The average Bonchev–Trinajstić information content (AvgIpc) is 3.21. The Hall–Kier alpha value is -1.22. The van der Waals surface area contributed by atoms with Crippen LogP contribution in [0.1, 0.15) is 67.8 Å². The van der Waals surface area contributed by atoms with Crippen LogP contribution >= 0.6 is 12.4 Å². The van der Waals surface area contributed by atoms with E-state index < -0.39 is 15.8 Å². The molecular weight excluding hydrogens is 455 g/mol. The number of hydrogen-bond acceptors (Lipinski definition) is 5. The monoisotopic (exact) mass is 490 g/mol. The van der Waals surface area contributed by atoms with Gasteiger partial charge in [-0.25, -0.2) is 12.8 Å². The van der Waals surface area contributed by atoms with Crippen molar-refractivity contribution < 1.29 is 22.3 Å². The number of hydrogen-bond donors (Lipinski definition) is 0. The van der Waals surface area contributed by atoms with Crippen LogP contribution in [0.15, 0.2) is 12.1 Å². The summed E-state index contributed by atoms with van der Waals surface area (Å²) in [6.07, 6.45) is 6.04. The molecule has 0 amide bonds. The third kappa shape index (κ3) is 5.82. The van der Waals surface area contributed by atoms with E-state index in [9.17, 15) is 17.6 Å². The van der Waals surface area contributed by atoms with Crippen molar-refractivity contribution in [3.8, 4) is 5.75 Å². The first kappa shape index (κ1) is 27.0. The SMILES string of the molecule is CCCS(=O)(=O)N1CCN(C2(CCC(=O)c3c(C)cc(F)cc3OC)CCCC2)CC1.Cl. The van der Waals surface area contributed by atoms with Crippen LogP contribution in [-0.2, 0) is 10.0 Å². The Balaban J connectivity index is 0.00000363. The second-order valence-corrected chi connectivity index (χ2v) is 10.9. The maximum absolute atomic E-state index is 13.7. The molecule has 1 aromatic rings. The van der Waals surface area contributed by atoms with Gasteiger partial charge in [0, 0.05) is 44.2 Å². The number of nitrogens with zero attached hydrogens (tertiary/aromatic N) is 2. The number of sulfonamides is 1. The predicted molar refractivity (Wildman–Crippen MR) is 127 cm³/mol. The molecular formula is C23H36ClFN2O4S. The second kappa shape index (κ2) is 11.3. The lowest BCUT2D eigenvalue weighted by Gasteiger charge is -2.46. The Morgan fingerprint density at radius 2 is 1.78 bits per heavy atom. The normalized spacial score (nSPS) is 19.5. The van der Waals surface area contributed by atoms with E-state index in [-0.39, 0.29) is 35.2 Å². The average molecular weight is 491 g/mol. The van der Waals surface area contributed by atoms with Crippen molar-refractivity contribution >= 4 is 28.2 Å². The molecule has 1 heterocycles. The molecule has 1 saturated heterocycles. The van der Waals surface area contributed by atoms with Crippen LogP contribution in [0.4, 0.5) is 4.39 Å². The van der Waals surface area contributed by atoms with Gasteiger partial charge in [0.1, 0.15) is 11.6 Å². The van der Waals surface area contributed by atoms with Gasteiger partial charge in [0.2, 0.25) is 10.0 Å². The minimum atomic E-state index is -3.17. The Bertz CT molecular complexity index is 896. The van der Waals surface area contributed by atoms with E-state index in [0.717, 1.165) is 32.1 Å². The topological polar surface area (TPSA) is 66.9 Å². The molecule has 0 atom stereocenters. The standard InChI is InChI=1S/C23H35FN2O4S.ClH/c1-4-15-31(28,29)26-13-11-25(12-14-26)23(8-5-6-9-23)10-7-20(27)22-18(2)16-19(24)17-21(22)30-3;/h16-17H,4-15H2,1-3H3;1H. The summed E-state index contributed by atoms with van der Waals surface area (Å²) >= 11 is 0. The molecule has 1 aromatic carbocycles. The number of Topliss-reactive ketones (excluding diaryl/α,β-unsaturated/α-hetero) is 1. The summed E-state index contributed by atoms with van der Waals surface area (Å²) in [7, 11) is -1.72. The van der Waals surface area contributed by atoms with Gasteiger partial charge in [0.05, 0.1) is 18.4 Å². The Morgan fingerprint density at radius 3 is 2.34 bits per heavy atom. The number of benzene rings is 1. The smallest absolute Gasteiger partial charge is 0.214 e. The number of piperazine rings is 1. The van der Waals surface area contributed by atoms with Gasteiger partial charge >= 0.3 is 0 Å². The third-order valence-corrected chi connectivity index (χ3v) is 8.96. The molecule has 1 aliphatic heterocycles. The molecule has 3 rings (SSSR count). The van der Waals surface area contributed by atoms with Gasteiger partial charge in [-0.05, 0) is 44.2 Å². The lowest BCUT2D eigenvalue weighted by Crippen LogP contribution is -2.57. The molecule has 0 bridgehead atoms. The van der Waals surface area contributed by atoms with E-state index in [1.54, 1.807) is 11.2 Å². The molecule has 182 valence electrons. The van der Waals surface area contributed by atoms with E-state index in [2.05, 4.69) is 4.90 Å². The summed E-state index contributed by atoms with van der Waals surface area (Å²) in [5.74, 6) is 0.0578. The molecule has 0 unspecified atom stereocenters. The summed E-state index contributed by atoms with van der Waals surface area (Å²) in [6.45, 7) is 6.06. The quantitative estimate of drug-likeness (QED) is 0.485. The number of aryl methyl sites for hydroxylation is 1. The van der Waals surface area contributed by atoms with Crippen molar-refractivity contribution in [3.63, 3.8) is 0 Å². The van der Waals surface area contributed by atoms with Crippen molar-refractivity contribution in [1.29, 1.82) is 0 Å². The summed E-state index contributed by atoms with van der Waals surface area (Å²) in [5, 5.41) is 0. The first-order valence-electron chi connectivity index (χ1n) is 11.3. The van der Waals surface area contributed by atoms with Gasteiger partial charge in [-0.3, -0.25) is 9.69 Å². The molecule has 0 radical (unpaired) electrons. The van der Waals surface area contributed by atoms with E-state index >= 15 is 0 Å². The predicted octanol–water partition coefficient (Wildman–Crippen LogP) is 4.20. The van der Waals surface area contributed by atoms with E-state index in [4.69, 9.17) is 4.74 Å². The zero-order chi connectivity index (χ0) is 22.6. The summed E-state index contributed by atoms with van der Waals surface area (Å²) in [6, 6.07) is 2.64. The van der Waals surface area contributed by atoms with E-state index in [1.807, 2.05) is 6.92 Å². The molecule has 2 aliphatic rings.